The van der Waals surface area contributed by atoms with Crippen LogP contribution >= 0.6 is 0 Å². The number of anilines is 1. The number of nitrogens with one attached hydrogen (secondary N) is 2. The van der Waals surface area contributed by atoms with E-state index in [0.29, 0.717) is 17.1 Å². The van der Waals surface area contributed by atoms with Gasteiger partial charge in [0.1, 0.15) is 5.69 Å². The maximum Gasteiger partial charge on any atom is 0.271 e. The predicted octanol–water partition coefficient (Wildman–Crippen LogP) is 0.683. The molecule has 2 N–H and O–H groups in total. The van der Waals surface area contributed by atoms with Crippen molar-refractivity contribution in [1.29, 1.82) is 0 Å². The van der Waals surface area contributed by atoms with Gasteiger partial charge in [0.25, 0.3) is 5.91 Å². The average Bonchev–Trinajstić information content (AvgIpc) is 2.53. The van der Waals surface area contributed by atoms with Crippen molar-refractivity contribution in [3.63, 3.8) is 0 Å². The van der Waals surface area contributed by atoms with Crippen molar-refractivity contribution in [3.05, 3.63) is 11.4 Å². The summed E-state index contributed by atoms with van der Waals surface area (Å²) in [5.74, 6) is -0.550. The van der Waals surface area contributed by atoms with Crippen molar-refractivity contribution >= 4 is 17.5 Å². The minimum Gasteiger partial charge on any atom is -0.354 e. The molecule has 6 nitrogen and oxygen atoms in total. The van der Waals surface area contributed by atoms with Crippen molar-refractivity contribution in [1.82, 2.24) is 15.1 Å². The van der Waals surface area contributed by atoms with Crippen LogP contribution in [-0.2, 0) is 11.8 Å². The van der Waals surface area contributed by atoms with E-state index in [0.717, 1.165) is 0 Å². The first-order valence-corrected chi connectivity index (χ1v) is 5.45. The number of aromatic nitrogens is 2. The molecule has 0 saturated carbocycles. The molecular weight excluding hydrogens is 220 g/mol. The lowest BCUT2D eigenvalue weighted by molar-refractivity contribution is -0.118. The molecule has 94 valence electrons. The second-order valence-corrected chi connectivity index (χ2v) is 4.16. The summed E-state index contributed by atoms with van der Waals surface area (Å²) in [5, 5.41) is 9.39. The summed E-state index contributed by atoms with van der Waals surface area (Å²) in [5.41, 5.74) is 1.46. The Balaban J connectivity index is 3.14. The molecule has 0 atom stereocenters. The highest BCUT2D eigenvalue weighted by Crippen LogP contribution is 2.20. The Hall–Kier alpha value is -1.85. The van der Waals surface area contributed by atoms with Gasteiger partial charge in [-0.25, -0.2) is 0 Å². The van der Waals surface area contributed by atoms with Gasteiger partial charge in [-0.2, -0.15) is 5.10 Å². The van der Waals surface area contributed by atoms with Crippen LogP contribution in [0.15, 0.2) is 0 Å². The van der Waals surface area contributed by atoms with Crippen molar-refractivity contribution in [2.24, 2.45) is 13.0 Å². The maximum absolute atomic E-state index is 11.7. The van der Waals surface area contributed by atoms with E-state index >= 15 is 0 Å². The second kappa shape index (κ2) is 4.99. The number of nitrogens with zero attached hydrogens (tertiary/aromatic N) is 2. The minimum atomic E-state index is -0.271. The fraction of sp³-hybridized carbons (Fsp3) is 0.545. The van der Waals surface area contributed by atoms with E-state index in [2.05, 4.69) is 15.7 Å². The van der Waals surface area contributed by atoms with Crippen LogP contribution in [0.2, 0.25) is 0 Å². The van der Waals surface area contributed by atoms with E-state index in [9.17, 15) is 9.59 Å². The van der Waals surface area contributed by atoms with Crippen molar-refractivity contribution in [2.75, 3.05) is 12.4 Å². The van der Waals surface area contributed by atoms with Crippen LogP contribution < -0.4 is 10.6 Å². The first-order valence-electron chi connectivity index (χ1n) is 5.45. The van der Waals surface area contributed by atoms with E-state index in [1.165, 1.54) is 4.68 Å². The van der Waals surface area contributed by atoms with Crippen LogP contribution in [-0.4, -0.2) is 28.6 Å². The molecule has 0 saturated heterocycles. The molecule has 1 aromatic heterocycles. The number of aryl methyl sites for hydroxylation is 2. The molecule has 6 heteroatoms. The third kappa shape index (κ3) is 2.64. The average molecular weight is 238 g/mol. The lowest BCUT2D eigenvalue weighted by atomic mass is 10.2. The van der Waals surface area contributed by atoms with E-state index in [1.807, 2.05) is 0 Å². The van der Waals surface area contributed by atoms with Gasteiger partial charge in [-0.1, -0.05) is 13.8 Å². The van der Waals surface area contributed by atoms with Gasteiger partial charge in [-0.05, 0) is 6.92 Å². The SMILES string of the molecule is CNC(=O)c1c(NC(=O)C(C)C)c(C)nn1C. The zero-order chi connectivity index (χ0) is 13.2. The fourth-order valence-electron chi connectivity index (χ4n) is 1.45. The highest BCUT2D eigenvalue weighted by molar-refractivity contribution is 6.03. The molecule has 0 aliphatic heterocycles. The number of carbonyl (C=O) groups is 2. The van der Waals surface area contributed by atoms with Crippen LogP contribution in [0.5, 0.6) is 0 Å². The quantitative estimate of drug-likeness (QED) is 0.813. The molecule has 1 rings (SSSR count). The van der Waals surface area contributed by atoms with E-state index in [1.54, 1.807) is 34.9 Å². The normalized spacial score (nSPS) is 10.5. The van der Waals surface area contributed by atoms with Crippen molar-refractivity contribution in [2.45, 2.75) is 20.8 Å². The summed E-state index contributed by atoms with van der Waals surface area (Å²) in [4.78, 5) is 23.4. The number of amides is 2. The van der Waals surface area contributed by atoms with Crippen LogP contribution in [0.25, 0.3) is 0 Å². The molecule has 0 aromatic carbocycles. The Morgan fingerprint density at radius 2 is 1.94 bits per heavy atom. The van der Waals surface area contributed by atoms with Gasteiger partial charge in [0, 0.05) is 20.0 Å². The smallest absolute Gasteiger partial charge is 0.271 e. The Morgan fingerprint density at radius 1 is 1.35 bits per heavy atom. The molecule has 2 amide bonds. The number of carbonyl (C=O) groups excluding carboxylic acids is 2. The largest absolute Gasteiger partial charge is 0.354 e. The molecule has 17 heavy (non-hydrogen) atoms. The van der Waals surface area contributed by atoms with E-state index < -0.39 is 0 Å². The molecular formula is C11H18N4O2. The number of hydrogen-bond donors (Lipinski definition) is 2. The fourth-order valence-corrected chi connectivity index (χ4v) is 1.45. The first kappa shape index (κ1) is 13.2. The molecule has 0 aliphatic carbocycles. The molecule has 0 bridgehead atoms. The molecule has 0 unspecified atom stereocenters. The van der Waals surface area contributed by atoms with Gasteiger partial charge in [0.2, 0.25) is 5.91 Å². The second-order valence-electron chi connectivity index (χ2n) is 4.16. The van der Waals surface area contributed by atoms with Gasteiger partial charge < -0.3 is 10.6 Å². The van der Waals surface area contributed by atoms with Crippen LogP contribution in [0, 0.1) is 12.8 Å². The minimum absolute atomic E-state index is 0.133. The van der Waals surface area contributed by atoms with E-state index in [4.69, 9.17) is 0 Å². The third-order valence-electron chi connectivity index (χ3n) is 2.44. The standard InChI is InChI=1S/C11H18N4O2/c1-6(2)10(16)13-8-7(3)14-15(5)9(8)11(17)12-4/h6H,1-5H3,(H,12,17)(H,13,16). The van der Waals surface area contributed by atoms with Gasteiger partial charge in [0.05, 0.1) is 11.4 Å². The first-order chi connectivity index (χ1) is 7.88. The molecule has 0 fully saturated rings. The molecule has 0 aliphatic rings. The molecule has 0 radical (unpaired) electrons. The summed E-state index contributed by atoms with van der Waals surface area (Å²) < 4.78 is 1.46. The predicted molar refractivity (Wildman–Crippen MR) is 64.8 cm³/mol. The van der Waals surface area contributed by atoms with Crippen molar-refractivity contribution < 1.29 is 9.59 Å². The maximum atomic E-state index is 11.7. The topological polar surface area (TPSA) is 76.0 Å². The summed E-state index contributed by atoms with van der Waals surface area (Å²) in [7, 11) is 3.21. The van der Waals surface area contributed by atoms with E-state index in [-0.39, 0.29) is 17.7 Å². The number of hydrogen-bond acceptors (Lipinski definition) is 3. The van der Waals surface area contributed by atoms with Crippen LogP contribution in [0.1, 0.15) is 30.0 Å². The number of rotatable bonds is 3. The van der Waals surface area contributed by atoms with Gasteiger partial charge in [0.15, 0.2) is 0 Å². The summed E-state index contributed by atoms with van der Waals surface area (Å²) in [6, 6.07) is 0. The summed E-state index contributed by atoms with van der Waals surface area (Å²) in [6.07, 6.45) is 0. The van der Waals surface area contributed by atoms with Gasteiger partial charge in [-0.3, -0.25) is 14.3 Å². The molecule has 1 aromatic rings. The van der Waals surface area contributed by atoms with Crippen LogP contribution in [0.3, 0.4) is 0 Å². The third-order valence-corrected chi connectivity index (χ3v) is 2.44. The van der Waals surface area contributed by atoms with Gasteiger partial charge in [-0.15, -0.1) is 0 Å². The molecule has 1 heterocycles. The highest BCUT2D eigenvalue weighted by Gasteiger charge is 2.21. The van der Waals surface area contributed by atoms with Crippen molar-refractivity contribution in [3.8, 4) is 0 Å². The lowest BCUT2D eigenvalue weighted by Crippen LogP contribution is -2.25. The zero-order valence-corrected chi connectivity index (χ0v) is 10.8. The Morgan fingerprint density at radius 3 is 2.41 bits per heavy atom. The zero-order valence-electron chi connectivity index (χ0n) is 10.8. The summed E-state index contributed by atoms with van der Waals surface area (Å²) >= 11 is 0. The highest BCUT2D eigenvalue weighted by atomic mass is 16.2. The Labute approximate surface area is 100 Å². The summed E-state index contributed by atoms with van der Waals surface area (Å²) in [6.45, 7) is 5.34. The Bertz CT molecular complexity index is 449. The lowest BCUT2D eigenvalue weighted by Gasteiger charge is -2.09. The molecule has 0 spiro atoms. The Kier molecular flexibility index (Phi) is 3.88. The monoisotopic (exact) mass is 238 g/mol. The van der Waals surface area contributed by atoms with Gasteiger partial charge >= 0.3 is 0 Å². The van der Waals surface area contributed by atoms with Crippen LogP contribution in [0.4, 0.5) is 5.69 Å².